The van der Waals surface area contributed by atoms with Crippen molar-refractivity contribution in [3.8, 4) is 23.5 Å². The predicted octanol–water partition coefficient (Wildman–Crippen LogP) is 20.6. The largest absolute Gasteiger partial charge is 0.494 e. The number of ketones is 9. The van der Waals surface area contributed by atoms with Gasteiger partial charge in [-0.3, -0.25) is 63.4 Å². The lowest BCUT2D eigenvalue weighted by molar-refractivity contribution is -0.116. The summed E-state index contributed by atoms with van der Waals surface area (Å²) in [6.07, 6.45) is 10.7. The number of aromatic nitrogens is 10. The molecule has 28 nitrogen and oxygen atoms in total. The van der Waals surface area contributed by atoms with Crippen LogP contribution >= 0.6 is 34.0 Å². The SMILES string of the molecule is C.CC(=O)Cc1cccc(C(=O)c2ccc3[nH]c(O)c(C=Nc4cc(C)[nH]n4)c3c2)c1.CC(=O)c1ccc(C(=O)Cc2cccc(C(=O)c3ccc4[nH]c(O)c(C=Nc5cc(C)[nH]n5)c4c3)c2)s1.Cc1cc(N=Cc2c(O)[nH]c3ccc(C(=O)c4cccc(CC(=O)c5cccs5)c4)cc23)n[nH]1.O=C(c1cccc(CC(=O)c2cccs2)c1)c1ccc2[nH]c(O)c(C=NC3=NCC=C3)c2c1. The average Bonchev–Trinajstić information content (AvgIpc) is 1.65. The summed E-state index contributed by atoms with van der Waals surface area (Å²) in [5.41, 5.74) is 14.2. The van der Waals surface area contributed by atoms with E-state index in [1.54, 1.807) is 200 Å². The zero-order chi connectivity index (χ0) is 93.8. The van der Waals surface area contributed by atoms with Gasteiger partial charge in [0.25, 0.3) is 0 Å². The van der Waals surface area contributed by atoms with E-state index in [4.69, 9.17) is 0 Å². The number of nitrogens with zero attached hydrogens (tertiary/aromatic N) is 8. The maximum absolute atomic E-state index is 13.3. The van der Waals surface area contributed by atoms with Crippen molar-refractivity contribution in [2.75, 3.05) is 6.54 Å². The molecule has 8 aromatic carbocycles. The third-order valence-electron chi connectivity index (χ3n) is 21.5. The summed E-state index contributed by atoms with van der Waals surface area (Å²) in [7, 11) is 0. The van der Waals surface area contributed by atoms with Gasteiger partial charge in [0, 0.05) is 174 Å². The van der Waals surface area contributed by atoms with Crippen molar-refractivity contribution >= 4 is 178 Å². The molecular formula is C104H85N15O13S3. The lowest BCUT2D eigenvalue weighted by Crippen LogP contribution is -2.05. The van der Waals surface area contributed by atoms with Gasteiger partial charge in [-0.2, -0.15) is 15.3 Å². The van der Waals surface area contributed by atoms with Crippen molar-refractivity contribution in [1.29, 1.82) is 0 Å². The fourth-order valence-electron chi connectivity index (χ4n) is 14.9. The highest BCUT2D eigenvalue weighted by Gasteiger charge is 2.23. The number of H-pyrrole nitrogens is 7. The van der Waals surface area contributed by atoms with E-state index in [9.17, 15) is 63.6 Å². The molecule has 19 rings (SSSR count). The van der Waals surface area contributed by atoms with Crippen LogP contribution in [0.4, 0.5) is 17.5 Å². The molecule has 1 aliphatic rings. The Hall–Kier alpha value is -17.0. The minimum absolute atomic E-state index is 0. The average molecular weight is 1850 g/mol. The molecule has 11 heterocycles. The summed E-state index contributed by atoms with van der Waals surface area (Å²) in [5.74, 6) is 1.13. The van der Waals surface area contributed by atoms with Crippen LogP contribution in [0.15, 0.2) is 272 Å². The quantitative estimate of drug-likeness (QED) is 0.0168. The summed E-state index contributed by atoms with van der Waals surface area (Å²) >= 11 is 4.00. The second-order valence-corrected chi connectivity index (χ2v) is 34.4. The summed E-state index contributed by atoms with van der Waals surface area (Å²) < 4.78 is 0. The van der Waals surface area contributed by atoms with Crippen LogP contribution in [-0.4, -0.2) is 160 Å². The number of Topliss-reactive ketones (excluding diaryl/α,β-unsaturated/α-hetero) is 5. The van der Waals surface area contributed by atoms with Gasteiger partial charge in [-0.25, -0.2) is 20.0 Å². The number of rotatable bonds is 27. The minimum Gasteiger partial charge on any atom is -0.494 e. The van der Waals surface area contributed by atoms with Crippen molar-refractivity contribution in [1.82, 2.24) is 50.5 Å². The van der Waals surface area contributed by atoms with Crippen LogP contribution in [0.5, 0.6) is 23.5 Å². The molecule has 0 saturated carbocycles. The molecule has 1 aliphatic heterocycles. The molecule has 0 saturated heterocycles. The van der Waals surface area contributed by atoms with Crippen LogP contribution in [0.2, 0.25) is 0 Å². The van der Waals surface area contributed by atoms with Gasteiger partial charge in [0.2, 0.25) is 0 Å². The van der Waals surface area contributed by atoms with Crippen LogP contribution in [0.1, 0.15) is 185 Å². The van der Waals surface area contributed by atoms with Gasteiger partial charge in [0.15, 0.2) is 87.2 Å². The molecule has 672 valence electrons. The van der Waals surface area contributed by atoms with E-state index < -0.39 is 0 Å². The Balaban J connectivity index is 0.000000137. The van der Waals surface area contributed by atoms with Crippen LogP contribution in [0, 0.1) is 20.8 Å². The molecule has 0 fully saturated rings. The Morgan fingerprint density at radius 3 is 0.948 bits per heavy atom. The number of nitrogens with one attached hydrogen (secondary N) is 7. The van der Waals surface area contributed by atoms with Gasteiger partial charge in [-0.15, -0.1) is 34.0 Å². The Kier molecular flexibility index (Phi) is 28.4. The van der Waals surface area contributed by atoms with Gasteiger partial charge in [0.1, 0.15) is 11.6 Å². The smallest absolute Gasteiger partial charge is 0.198 e. The monoisotopic (exact) mass is 1850 g/mol. The van der Waals surface area contributed by atoms with Crippen molar-refractivity contribution in [2.24, 2.45) is 25.0 Å². The number of hydrogen-bond donors (Lipinski definition) is 11. The fourth-order valence-corrected chi connectivity index (χ4v) is 17.0. The Morgan fingerprint density at radius 1 is 0.356 bits per heavy atom. The first kappa shape index (κ1) is 92.7. The maximum atomic E-state index is 13.3. The van der Waals surface area contributed by atoms with Crippen LogP contribution < -0.4 is 0 Å². The number of amidine groups is 1. The second-order valence-electron chi connectivity index (χ2n) is 31.4. The molecule has 135 heavy (non-hydrogen) atoms. The van der Waals surface area contributed by atoms with Gasteiger partial charge in [-0.1, -0.05) is 98.4 Å². The van der Waals surface area contributed by atoms with Crippen molar-refractivity contribution in [2.45, 2.75) is 67.7 Å². The molecule has 0 amide bonds. The first-order valence-corrected chi connectivity index (χ1v) is 44.5. The standard InChI is InChI=1S/C28H22N4O4S.C26H20N4O3S.C26H19N3O3S.C23H20N4O3.CH4/c1-15-10-26(32-31-15)29-14-21-20-13-19(6-7-22(20)30-28(21)36)27(35)18-5-3-4-17(11-18)12-23(34)25-9-8-24(37-25)16(2)33;1-15-10-24(30-29-15)27-14-20-19-13-18(7-8-21(19)28-26(20)33)25(32)17-5-2-4-16(11-17)12-22(31)23-6-3-9-34-23;30-22(23-6-3-11-33-23)13-16-4-1-5-17(12-16)25(31)18-8-9-21-19(14-18)20(26(32)29-21)15-28-24-7-2-10-27-24;1-13-8-21(27-26-13)24-12-19-18-11-17(6-7-20(18)25-23(19)30)22(29)16-5-3-4-15(10-16)9-14(2)28;/h3-11,13-14,30,36H,12H2,1-2H3,(H,31,32);2-11,13-14,28,33H,12H2,1H3,(H,29,30);1-9,11-12,14-15,29,32H,10,13H2;3-8,10-12,25,30H,9H2,1-2H3,(H,26,27);1H4. The van der Waals surface area contributed by atoms with Crippen LogP contribution in [-0.2, 0) is 30.5 Å². The number of thiophene rings is 3. The van der Waals surface area contributed by atoms with Gasteiger partial charge in [0.05, 0.1) is 48.3 Å². The number of aromatic hydroxyl groups is 4. The van der Waals surface area contributed by atoms with Gasteiger partial charge >= 0.3 is 0 Å². The zero-order valence-corrected chi connectivity index (χ0v) is 74.7. The van der Waals surface area contributed by atoms with E-state index in [2.05, 4.69) is 75.5 Å². The topological polar surface area (TPSA) is 446 Å². The number of hydrogen-bond acceptors (Lipinski definition) is 24. The number of aliphatic imine (C=N–C) groups is 5. The second kappa shape index (κ2) is 41.4. The molecule has 10 aromatic heterocycles. The first-order valence-electron chi connectivity index (χ1n) is 41.9. The van der Waals surface area contributed by atoms with E-state index >= 15 is 0 Å². The highest BCUT2D eigenvalue weighted by molar-refractivity contribution is 7.16. The van der Waals surface area contributed by atoms with E-state index in [-0.39, 0.29) is 102 Å². The van der Waals surface area contributed by atoms with Crippen molar-refractivity contribution in [3.05, 3.63) is 373 Å². The lowest BCUT2D eigenvalue weighted by atomic mass is 9.98. The predicted molar refractivity (Wildman–Crippen MR) is 528 cm³/mol. The van der Waals surface area contributed by atoms with Crippen molar-refractivity contribution < 1.29 is 63.6 Å². The summed E-state index contributed by atoms with van der Waals surface area (Å²) in [4.78, 5) is 149. The van der Waals surface area contributed by atoms with Crippen molar-refractivity contribution in [3.63, 3.8) is 0 Å². The third kappa shape index (κ3) is 22.2. The minimum atomic E-state index is -0.210. The Bertz CT molecular complexity index is 7830. The molecule has 11 N–H and O–H groups in total. The molecule has 0 aliphatic carbocycles. The van der Waals surface area contributed by atoms with Gasteiger partial charge < -0.3 is 40.4 Å². The third-order valence-corrected chi connectivity index (χ3v) is 24.5. The van der Waals surface area contributed by atoms with Crippen LogP contribution in [0.3, 0.4) is 0 Å². The summed E-state index contributed by atoms with van der Waals surface area (Å²) in [5, 5.41) is 68.4. The molecule has 0 bridgehead atoms. The van der Waals surface area contributed by atoms with Crippen LogP contribution in [0.25, 0.3) is 43.6 Å². The number of benzene rings is 8. The number of carbonyl (C=O) groups is 9. The first-order chi connectivity index (χ1) is 64.7. The summed E-state index contributed by atoms with van der Waals surface area (Å²) in [6.45, 7) is 9.21. The molecule has 31 heteroatoms. The molecule has 0 atom stereocenters. The fraction of sp³-hybridized carbons (Fsp3) is 0.106. The van der Waals surface area contributed by atoms with E-state index in [1.165, 1.54) is 66.5 Å². The van der Waals surface area contributed by atoms with E-state index in [1.807, 2.05) is 74.0 Å². The number of fused-ring (bicyclic) bond motifs is 4. The number of carbonyl (C=O) groups excluding carboxylic acids is 9. The Labute approximate surface area is 782 Å². The maximum Gasteiger partial charge on any atom is 0.198 e. The highest BCUT2D eigenvalue weighted by Crippen LogP contribution is 2.35. The number of aromatic amines is 7. The molecule has 18 aromatic rings. The molecule has 0 spiro atoms. The molecule has 0 radical (unpaired) electrons. The molecule has 0 unspecified atom stereocenters. The van der Waals surface area contributed by atoms with E-state index in [0.29, 0.717) is 172 Å². The highest BCUT2D eigenvalue weighted by atomic mass is 32.1. The Morgan fingerprint density at radius 2 is 0.667 bits per heavy atom. The lowest BCUT2D eigenvalue weighted by Gasteiger charge is -2.05. The zero-order valence-electron chi connectivity index (χ0n) is 72.3. The number of aryl methyl sites for hydroxylation is 3. The normalized spacial score (nSPS) is 11.8. The van der Waals surface area contributed by atoms with E-state index in [0.717, 1.165) is 33.8 Å². The van der Waals surface area contributed by atoms with Gasteiger partial charge in [-0.05, 0) is 195 Å². The molecular weight excluding hydrogens is 1760 g/mol. The summed E-state index contributed by atoms with van der Waals surface area (Å²) in [6, 6.07) is 65.0.